The van der Waals surface area contributed by atoms with Crippen molar-refractivity contribution < 1.29 is 9.53 Å². The van der Waals surface area contributed by atoms with Crippen molar-refractivity contribution in [3.8, 4) is 0 Å². The first-order valence-corrected chi connectivity index (χ1v) is 10.9. The van der Waals surface area contributed by atoms with Gasteiger partial charge in [-0.3, -0.25) is 0 Å². The van der Waals surface area contributed by atoms with E-state index in [0.717, 1.165) is 58.2 Å². The number of hydrogen-bond donors (Lipinski definition) is 0. The number of rotatable bonds is 7. The maximum Gasteiger partial charge on any atom is 0.123 e. The maximum absolute atomic E-state index is 11.5. The van der Waals surface area contributed by atoms with Gasteiger partial charge >= 0.3 is 0 Å². The second kappa shape index (κ2) is 10.6. The molecule has 1 aliphatic carbocycles. The van der Waals surface area contributed by atoms with E-state index in [2.05, 4.69) is 56.9 Å². The Morgan fingerprint density at radius 2 is 2.11 bits per heavy atom. The minimum Gasteiger partial charge on any atom is -0.377 e. The molecular formula is C24H41NO2. The van der Waals surface area contributed by atoms with Crippen LogP contribution in [0.1, 0.15) is 72.6 Å². The van der Waals surface area contributed by atoms with Gasteiger partial charge in [-0.15, -0.1) is 0 Å². The lowest BCUT2D eigenvalue weighted by atomic mass is 9.82. The highest BCUT2D eigenvalue weighted by Gasteiger charge is 2.27. The molecule has 1 fully saturated rings. The molecular weight excluding hydrogens is 334 g/mol. The molecule has 2 aliphatic rings. The van der Waals surface area contributed by atoms with Crippen molar-refractivity contribution in [1.29, 1.82) is 0 Å². The van der Waals surface area contributed by atoms with Gasteiger partial charge in [0.1, 0.15) is 6.29 Å². The van der Waals surface area contributed by atoms with Crippen molar-refractivity contribution in [3.05, 3.63) is 24.3 Å². The van der Waals surface area contributed by atoms with Crippen LogP contribution in [0.25, 0.3) is 0 Å². The van der Waals surface area contributed by atoms with Crippen LogP contribution in [-0.2, 0) is 9.53 Å². The third-order valence-corrected chi connectivity index (χ3v) is 6.00. The quantitative estimate of drug-likeness (QED) is 0.557. The molecule has 0 spiro atoms. The summed E-state index contributed by atoms with van der Waals surface area (Å²) >= 11 is 0. The van der Waals surface area contributed by atoms with Crippen molar-refractivity contribution >= 4 is 6.29 Å². The van der Waals surface area contributed by atoms with Crippen LogP contribution in [0, 0.1) is 16.7 Å². The lowest BCUT2D eigenvalue weighted by Crippen LogP contribution is -2.36. The topological polar surface area (TPSA) is 29.5 Å². The highest BCUT2D eigenvalue weighted by molar-refractivity contribution is 5.53. The van der Waals surface area contributed by atoms with Crippen LogP contribution in [0.5, 0.6) is 0 Å². The van der Waals surface area contributed by atoms with Gasteiger partial charge in [-0.1, -0.05) is 52.0 Å². The standard InChI is InChI=1S/C24H41NO2/c1-23(2,3)14-10-21(19-26)18-22-11-15-25(16-17-27-22)20-24(4)12-8-6-5-7-9-13-24/h5-6,8,12,19,21-22H,7,9-11,13-18,20H2,1-4H3/b6-5-,12-8-/t21?,22-,24+/m0/s1. The molecule has 0 aromatic rings. The smallest absolute Gasteiger partial charge is 0.123 e. The van der Waals surface area contributed by atoms with E-state index in [0.29, 0.717) is 0 Å². The summed E-state index contributed by atoms with van der Waals surface area (Å²) < 4.78 is 6.13. The van der Waals surface area contributed by atoms with E-state index in [1.165, 1.54) is 19.3 Å². The normalized spacial score (nSPS) is 31.3. The van der Waals surface area contributed by atoms with Crippen LogP contribution < -0.4 is 0 Å². The number of hydrogen-bond acceptors (Lipinski definition) is 3. The first kappa shape index (κ1) is 22.4. The number of allylic oxidation sites excluding steroid dienone is 3. The van der Waals surface area contributed by atoms with Gasteiger partial charge in [0.25, 0.3) is 0 Å². The molecule has 1 heterocycles. The Morgan fingerprint density at radius 1 is 1.30 bits per heavy atom. The fourth-order valence-corrected chi connectivity index (χ4v) is 4.22. The van der Waals surface area contributed by atoms with Crippen molar-refractivity contribution in [2.24, 2.45) is 16.7 Å². The Bertz CT molecular complexity index is 505. The number of nitrogens with zero attached hydrogens (tertiary/aromatic N) is 1. The molecule has 0 bridgehead atoms. The van der Waals surface area contributed by atoms with E-state index >= 15 is 0 Å². The van der Waals surface area contributed by atoms with E-state index in [4.69, 9.17) is 4.74 Å². The number of carbonyl (C=O) groups excluding carboxylic acids is 1. The van der Waals surface area contributed by atoms with Gasteiger partial charge in [-0.05, 0) is 55.8 Å². The first-order valence-electron chi connectivity index (χ1n) is 10.9. The molecule has 2 rings (SSSR count). The van der Waals surface area contributed by atoms with Gasteiger partial charge in [0.15, 0.2) is 0 Å². The van der Waals surface area contributed by atoms with Gasteiger partial charge in [0, 0.05) is 25.6 Å². The second-order valence-corrected chi connectivity index (χ2v) is 10.1. The van der Waals surface area contributed by atoms with E-state index in [1.807, 2.05) is 0 Å². The van der Waals surface area contributed by atoms with Crippen LogP contribution in [0.2, 0.25) is 0 Å². The summed E-state index contributed by atoms with van der Waals surface area (Å²) in [5, 5.41) is 0. The zero-order valence-corrected chi connectivity index (χ0v) is 18.1. The average molecular weight is 376 g/mol. The predicted octanol–water partition coefficient (Wildman–Crippen LogP) is 5.41. The largest absolute Gasteiger partial charge is 0.377 e. The zero-order chi connectivity index (χ0) is 19.8. The Kier molecular flexibility index (Phi) is 8.75. The summed E-state index contributed by atoms with van der Waals surface area (Å²) in [6.07, 6.45) is 18.2. The molecule has 3 nitrogen and oxygen atoms in total. The van der Waals surface area contributed by atoms with E-state index < -0.39 is 0 Å². The SMILES string of the molecule is CC(C)(C)CCC(C=O)C[C@@H]1CCN(C[C@]2(C)/C=C\C=C/CCC2)CCO1. The monoisotopic (exact) mass is 375 g/mol. The molecule has 0 aromatic heterocycles. The van der Waals surface area contributed by atoms with E-state index in [1.54, 1.807) is 0 Å². The average Bonchev–Trinajstić information content (AvgIpc) is 2.80. The van der Waals surface area contributed by atoms with Gasteiger partial charge in [-0.25, -0.2) is 0 Å². The third kappa shape index (κ3) is 8.74. The Hall–Kier alpha value is -0.930. The number of aldehydes is 1. The minimum absolute atomic E-state index is 0.138. The summed E-state index contributed by atoms with van der Waals surface area (Å²) in [4.78, 5) is 14.1. The highest BCUT2D eigenvalue weighted by atomic mass is 16.5. The molecule has 3 heteroatoms. The van der Waals surface area contributed by atoms with Crippen LogP contribution in [0.4, 0.5) is 0 Å². The lowest BCUT2D eigenvalue weighted by molar-refractivity contribution is -0.112. The molecule has 3 atom stereocenters. The minimum atomic E-state index is 0.138. The molecule has 0 amide bonds. The van der Waals surface area contributed by atoms with Crippen molar-refractivity contribution in [2.45, 2.75) is 78.7 Å². The Labute approximate surface area is 167 Å². The first-order chi connectivity index (χ1) is 12.8. The van der Waals surface area contributed by atoms with Gasteiger partial charge in [0.05, 0.1) is 12.7 Å². The van der Waals surface area contributed by atoms with Crippen LogP contribution in [-0.4, -0.2) is 43.5 Å². The molecule has 0 aromatic carbocycles. The molecule has 1 saturated heterocycles. The Morgan fingerprint density at radius 3 is 2.85 bits per heavy atom. The zero-order valence-electron chi connectivity index (χ0n) is 18.1. The highest BCUT2D eigenvalue weighted by Crippen LogP contribution is 2.30. The fraction of sp³-hybridized carbons (Fsp3) is 0.792. The van der Waals surface area contributed by atoms with Crippen molar-refractivity contribution in [1.82, 2.24) is 4.90 Å². The van der Waals surface area contributed by atoms with E-state index in [-0.39, 0.29) is 22.9 Å². The fourth-order valence-electron chi connectivity index (χ4n) is 4.22. The molecule has 1 unspecified atom stereocenters. The lowest BCUT2D eigenvalue weighted by Gasteiger charge is -2.33. The van der Waals surface area contributed by atoms with Crippen molar-refractivity contribution in [3.63, 3.8) is 0 Å². The third-order valence-electron chi connectivity index (χ3n) is 6.00. The summed E-state index contributed by atoms with van der Waals surface area (Å²) in [5.74, 6) is 0.138. The predicted molar refractivity (Wildman–Crippen MR) is 114 cm³/mol. The maximum atomic E-state index is 11.5. The van der Waals surface area contributed by atoms with Crippen LogP contribution in [0.3, 0.4) is 0 Å². The summed E-state index contributed by atoms with van der Waals surface area (Å²) in [7, 11) is 0. The molecule has 0 saturated carbocycles. The van der Waals surface area contributed by atoms with E-state index in [9.17, 15) is 4.79 Å². The number of ether oxygens (including phenoxy) is 1. The molecule has 154 valence electrons. The second-order valence-electron chi connectivity index (χ2n) is 10.1. The molecule has 1 aliphatic heterocycles. The molecule has 0 N–H and O–H groups in total. The summed E-state index contributed by atoms with van der Waals surface area (Å²) in [6, 6.07) is 0. The van der Waals surface area contributed by atoms with Crippen LogP contribution >= 0.6 is 0 Å². The van der Waals surface area contributed by atoms with Gasteiger partial charge in [0.2, 0.25) is 0 Å². The summed E-state index contributed by atoms with van der Waals surface area (Å²) in [5.41, 5.74) is 0.542. The summed E-state index contributed by atoms with van der Waals surface area (Å²) in [6.45, 7) is 13.1. The number of carbonyl (C=O) groups is 1. The Balaban J connectivity index is 1.82. The van der Waals surface area contributed by atoms with Crippen molar-refractivity contribution in [2.75, 3.05) is 26.2 Å². The van der Waals surface area contributed by atoms with Gasteiger partial charge < -0.3 is 14.4 Å². The van der Waals surface area contributed by atoms with Gasteiger partial charge in [-0.2, -0.15) is 0 Å². The molecule has 27 heavy (non-hydrogen) atoms. The van der Waals surface area contributed by atoms with Crippen LogP contribution in [0.15, 0.2) is 24.3 Å². The molecule has 0 radical (unpaired) electrons.